The lowest BCUT2D eigenvalue weighted by Crippen LogP contribution is -2.38. The van der Waals surface area contributed by atoms with Crippen molar-refractivity contribution in [2.45, 2.75) is 39.2 Å². The molecule has 4 nitrogen and oxygen atoms in total. The van der Waals surface area contributed by atoms with Crippen molar-refractivity contribution in [3.8, 4) is 0 Å². The summed E-state index contributed by atoms with van der Waals surface area (Å²) < 4.78 is 0. The molecule has 1 atom stereocenters. The molecule has 20 heavy (non-hydrogen) atoms. The van der Waals surface area contributed by atoms with Gasteiger partial charge in [0.2, 0.25) is 5.91 Å². The Morgan fingerprint density at radius 1 is 1.40 bits per heavy atom. The maximum absolute atomic E-state index is 11.6. The van der Waals surface area contributed by atoms with Crippen molar-refractivity contribution in [3.63, 3.8) is 0 Å². The molecule has 1 amide bonds. The number of fused-ring (bicyclic) bond motifs is 1. The minimum absolute atomic E-state index is 0.102. The highest BCUT2D eigenvalue weighted by atomic mass is 16.2. The number of hydrogen-bond donors (Lipinski definition) is 2. The Morgan fingerprint density at radius 3 is 2.75 bits per heavy atom. The van der Waals surface area contributed by atoms with E-state index in [2.05, 4.69) is 36.2 Å². The van der Waals surface area contributed by atoms with E-state index in [0.29, 0.717) is 5.41 Å². The van der Waals surface area contributed by atoms with E-state index in [9.17, 15) is 4.79 Å². The number of carbonyl (C=O) groups excluding carboxylic acids is 1. The van der Waals surface area contributed by atoms with Crippen LogP contribution in [0, 0.1) is 5.41 Å². The van der Waals surface area contributed by atoms with Gasteiger partial charge in [-0.3, -0.25) is 4.79 Å². The van der Waals surface area contributed by atoms with Gasteiger partial charge in [-0.1, -0.05) is 26.3 Å². The summed E-state index contributed by atoms with van der Waals surface area (Å²) in [6.45, 7) is 6.83. The van der Waals surface area contributed by atoms with Gasteiger partial charge in [-0.25, -0.2) is 0 Å². The van der Waals surface area contributed by atoms with E-state index in [1.807, 2.05) is 6.07 Å². The largest absolute Gasteiger partial charge is 0.371 e. The molecule has 1 fully saturated rings. The summed E-state index contributed by atoms with van der Waals surface area (Å²) in [4.78, 5) is 14.0. The Labute approximate surface area is 120 Å². The van der Waals surface area contributed by atoms with E-state index in [-0.39, 0.29) is 5.91 Å². The molecular formula is C16H23N3O. The topological polar surface area (TPSA) is 58.4 Å². The number of nitrogens with one attached hydrogen (secondary N) is 1. The van der Waals surface area contributed by atoms with Gasteiger partial charge in [0.15, 0.2) is 0 Å². The zero-order chi connectivity index (χ0) is 14.3. The summed E-state index contributed by atoms with van der Waals surface area (Å²) in [5.74, 6) is -0.102. The maximum atomic E-state index is 11.6. The summed E-state index contributed by atoms with van der Waals surface area (Å²) in [7, 11) is 0. The third-order valence-electron chi connectivity index (χ3n) is 5.10. The predicted octanol–water partition coefficient (Wildman–Crippen LogP) is 2.66. The first-order valence-electron chi connectivity index (χ1n) is 7.48. The quantitative estimate of drug-likeness (QED) is 0.871. The fourth-order valence-electron chi connectivity index (χ4n) is 3.13. The molecule has 0 aromatic heterocycles. The molecule has 2 heterocycles. The minimum Gasteiger partial charge on any atom is -0.371 e. The molecular weight excluding hydrogens is 250 g/mol. The second-order valence-corrected chi connectivity index (χ2v) is 6.39. The van der Waals surface area contributed by atoms with Crippen LogP contribution in [0.3, 0.4) is 0 Å². The number of nitrogens with two attached hydrogens (primary N) is 1. The van der Waals surface area contributed by atoms with Gasteiger partial charge in [-0.05, 0) is 30.4 Å². The molecule has 1 saturated heterocycles. The zero-order valence-corrected chi connectivity index (χ0v) is 12.3. The Bertz CT molecular complexity index is 533. The number of piperidine rings is 1. The monoisotopic (exact) mass is 273 g/mol. The number of hydrogen-bond acceptors (Lipinski definition) is 3. The first-order chi connectivity index (χ1) is 9.52. The number of amides is 1. The molecule has 2 aliphatic rings. The number of rotatable bonds is 2. The van der Waals surface area contributed by atoms with Crippen LogP contribution in [0.4, 0.5) is 11.4 Å². The van der Waals surface area contributed by atoms with Crippen LogP contribution in [0.1, 0.15) is 44.7 Å². The van der Waals surface area contributed by atoms with Crippen molar-refractivity contribution >= 4 is 17.3 Å². The summed E-state index contributed by atoms with van der Waals surface area (Å²) >= 11 is 0. The van der Waals surface area contributed by atoms with Gasteiger partial charge in [0.05, 0.1) is 0 Å². The van der Waals surface area contributed by atoms with Crippen LogP contribution >= 0.6 is 0 Å². The normalized spacial score (nSPS) is 24.4. The SMILES string of the molecule is CCC1(C)CCN(c2ccc3c(c2)NC(=O)C3N)CC1. The Hall–Kier alpha value is -1.55. The highest BCUT2D eigenvalue weighted by Crippen LogP contribution is 2.38. The van der Waals surface area contributed by atoms with E-state index in [0.717, 1.165) is 24.3 Å². The molecule has 1 aromatic rings. The molecule has 108 valence electrons. The van der Waals surface area contributed by atoms with Gasteiger partial charge in [0.1, 0.15) is 6.04 Å². The lowest BCUT2D eigenvalue weighted by Gasteiger charge is -2.40. The smallest absolute Gasteiger partial charge is 0.245 e. The summed E-state index contributed by atoms with van der Waals surface area (Å²) in [5.41, 5.74) is 9.32. The maximum Gasteiger partial charge on any atom is 0.245 e. The lowest BCUT2D eigenvalue weighted by atomic mass is 9.78. The molecule has 3 N–H and O–H groups in total. The number of nitrogens with zero attached hydrogens (tertiary/aromatic N) is 1. The van der Waals surface area contributed by atoms with Crippen LogP contribution < -0.4 is 16.0 Å². The Balaban J connectivity index is 1.77. The van der Waals surface area contributed by atoms with E-state index >= 15 is 0 Å². The molecule has 0 aliphatic carbocycles. The van der Waals surface area contributed by atoms with Gasteiger partial charge >= 0.3 is 0 Å². The second-order valence-electron chi connectivity index (χ2n) is 6.39. The molecule has 0 bridgehead atoms. The van der Waals surface area contributed by atoms with E-state index in [1.165, 1.54) is 24.9 Å². The van der Waals surface area contributed by atoms with Gasteiger partial charge in [-0.15, -0.1) is 0 Å². The van der Waals surface area contributed by atoms with Crippen LogP contribution in [0.5, 0.6) is 0 Å². The first-order valence-corrected chi connectivity index (χ1v) is 7.48. The molecule has 3 rings (SSSR count). The fraction of sp³-hybridized carbons (Fsp3) is 0.562. The Morgan fingerprint density at radius 2 is 2.10 bits per heavy atom. The molecule has 0 radical (unpaired) electrons. The third kappa shape index (κ3) is 2.18. The average molecular weight is 273 g/mol. The minimum atomic E-state index is -0.510. The standard InChI is InChI=1S/C16H23N3O/c1-3-16(2)6-8-19(9-7-16)11-4-5-12-13(10-11)18-15(20)14(12)17/h4-5,10,14H,3,6-9,17H2,1-2H3,(H,18,20). The van der Waals surface area contributed by atoms with Crippen LogP contribution in [-0.4, -0.2) is 19.0 Å². The molecule has 1 unspecified atom stereocenters. The molecule has 4 heteroatoms. The van der Waals surface area contributed by atoms with Crippen LogP contribution in [0.15, 0.2) is 18.2 Å². The van der Waals surface area contributed by atoms with Gasteiger partial charge < -0.3 is 16.0 Å². The van der Waals surface area contributed by atoms with Crippen LogP contribution in [0.2, 0.25) is 0 Å². The van der Waals surface area contributed by atoms with E-state index < -0.39 is 6.04 Å². The molecule has 0 saturated carbocycles. The molecule has 0 spiro atoms. The number of benzene rings is 1. The van der Waals surface area contributed by atoms with Crippen molar-refractivity contribution in [2.75, 3.05) is 23.3 Å². The Kier molecular flexibility index (Phi) is 3.21. The predicted molar refractivity (Wildman–Crippen MR) is 81.8 cm³/mol. The number of anilines is 2. The van der Waals surface area contributed by atoms with Crippen LogP contribution in [0.25, 0.3) is 0 Å². The van der Waals surface area contributed by atoms with Crippen molar-refractivity contribution in [1.82, 2.24) is 0 Å². The highest BCUT2D eigenvalue weighted by molar-refractivity contribution is 6.02. The second kappa shape index (κ2) is 4.77. The fourth-order valence-corrected chi connectivity index (χ4v) is 3.13. The summed E-state index contributed by atoms with van der Waals surface area (Å²) in [6, 6.07) is 5.63. The van der Waals surface area contributed by atoms with Crippen molar-refractivity contribution < 1.29 is 4.79 Å². The summed E-state index contributed by atoms with van der Waals surface area (Å²) in [6.07, 6.45) is 3.70. The molecule has 2 aliphatic heterocycles. The first kappa shape index (κ1) is 13.4. The van der Waals surface area contributed by atoms with Crippen LogP contribution in [-0.2, 0) is 4.79 Å². The van der Waals surface area contributed by atoms with Crippen molar-refractivity contribution in [1.29, 1.82) is 0 Å². The lowest BCUT2D eigenvalue weighted by molar-refractivity contribution is -0.116. The molecule has 1 aromatic carbocycles. The van der Waals surface area contributed by atoms with Crippen molar-refractivity contribution in [2.24, 2.45) is 11.1 Å². The van der Waals surface area contributed by atoms with E-state index in [1.54, 1.807) is 0 Å². The van der Waals surface area contributed by atoms with Crippen molar-refractivity contribution in [3.05, 3.63) is 23.8 Å². The number of carbonyl (C=O) groups is 1. The third-order valence-corrected chi connectivity index (χ3v) is 5.10. The highest BCUT2D eigenvalue weighted by Gasteiger charge is 2.30. The van der Waals surface area contributed by atoms with Gasteiger partial charge in [-0.2, -0.15) is 0 Å². The van der Waals surface area contributed by atoms with Gasteiger partial charge in [0.25, 0.3) is 0 Å². The van der Waals surface area contributed by atoms with E-state index in [4.69, 9.17) is 5.73 Å². The average Bonchev–Trinajstić information content (AvgIpc) is 2.74. The van der Waals surface area contributed by atoms with Gasteiger partial charge in [0, 0.05) is 30.0 Å². The zero-order valence-electron chi connectivity index (χ0n) is 12.3. The summed E-state index contributed by atoms with van der Waals surface area (Å²) in [5, 5.41) is 2.86.